The molecule has 2 aromatic heterocycles. The zero-order chi connectivity index (χ0) is 18.0. The Morgan fingerprint density at radius 3 is 2.56 bits per heavy atom. The zero-order valence-corrected chi connectivity index (χ0v) is 14.2. The average molecular weight is 340 g/mol. The van der Waals surface area contributed by atoms with Crippen LogP contribution >= 0.6 is 0 Å². The van der Waals surface area contributed by atoms with E-state index in [1.165, 1.54) is 4.57 Å². The van der Waals surface area contributed by atoms with Gasteiger partial charge >= 0.3 is 5.69 Å². The van der Waals surface area contributed by atoms with E-state index in [4.69, 9.17) is 0 Å². The first-order valence-corrected chi connectivity index (χ1v) is 8.12. The van der Waals surface area contributed by atoms with E-state index in [0.29, 0.717) is 24.2 Å². The number of aromatic nitrogens is 3. The van der Waals surface area contributed by atoms with E-state index < -0.39 is 11.2 Å². The monoisotopic (exact) mass is 340 g/mol. The van der Waals surface area contributed by atoms with Gasteiger partial charge in [0.25, 0.3) is 11.1 Å². The van der Waals surface area contributed by atoms with Crippen LogP contribution in [-0.2, 0) is 26.7 Å². The summed E-state index contributed by atoms with van der Waals surface area (Å²) in [5.74, 6) is 0. The first-order chi connectivity index (χ1) is 12.0. The maximum atomic E-state index is 12.4. The van der Waals surface area contributed by atoms with Gasteiger partial charge in [-0.2, -0.15) is 0 Å². The Balaban J connectivity index is 1.82. The summed E-state index contributed by atoms with van der Waals surface area (Å²) in [6.07, 6.45) is 1.55. The Bertz CT molecular complexity index is 1090. The summed E-state index contributed by atoms with van der Waals surface area (Å²) in [5.41, 5.74) is 1.06. The van der Waals surface area contributed by atoms with Crippen molar-refractivity contribution in [1.29, 1.82) is 0 Å². The van der Waals surface area contributed by atoms with Crippen molar-refractivity contribution >= 4 is 10.9 Å². The van der Waals surface area contributed by atoms with Gasteiger partial charge in [-0.1, -0.05) is 18.2 Å². The number of nitrogens with zero attached hydrogens (tertiary/aromatic N) is 2. The normalized spacial score (nSPS) is 11.1. The number of fused-ring (bicyclic) bond motifs is 1. The molecule has 0 bridgehead atoms. The Labute approximate surface area is 143 Å². The van der Waals surface area contributed by atoms with E-state index in [1.54, 1.807) is 17.8 Å². The lowest BCUT2D eigenvalue weighted by Crippen LogP contribution is -2.33. The highest BCUT2D eigenvalue weighted by molar-refractivity contribution is 5.79. The van der Waals surface area contributed by atoms with Crippen molar-refractivity contribution < 1.29 is 0 Å². The molecule has 7 nitrogen and oxygen atoms in total. The van der Waals surface area contributed by atoms with E-state index in [2.05, 4.69) is 10.3 Å². The molecule has 0 spiro atoms. The first-order valence-electron chi connectivity index (χ1n) is 8.12. The molecule has 0 fully saturated rings. The second-order valence-corrected chi connectivity index (χ2v) is 5.90. The molecule has 25 heavy (non-hydrogen) atoms. The van der Waals surface area contributed by atoms with Gasteiger partial charge in [0.15, 0.2) is 0 Å². The third-order valence-electron chi connectivity index (χ3n) is 4.26. The zero-order valence-electron chi connectivity index (χ0n) is 14.2. The van der Waals surface area contributed by atoms with Crippen molar-refractivity contribution in [3.63, 3.8) is 0 Å². The van der Waals surface area contributed by atoms with Gasteiger partial charge in [0, 0.05) is 44.0 Å². The molecule has 0 amide bonds. The number of para-hydroxylation sites is 1. The van der Waals surface area contributed by atoms with Crippen LogP contribution in [0.1, 0.15) is 18.1 Å². The maximum absolute atomic E-state index is 12.4. The van der Waals surface area contributed by atoms with Gasteiger partial charge in [0.05, 0.1) is 5.52 Å². The van der Waals surface area contributed by atoms with Gasteiger partial charge in [-0.3, -0.25) is 14.6 Å². The molecule has 3 rings (SSSR count). The Kier molecular flexibility index (Phi) is 4.67. The number of aryl methyl sites for hydroxylation is 2. The van der Waals surface area contributed by atoms with Gasteiger partial charge in [-0.05, 0) is 24.4 Å². The van der Waals surface area contributed by atoms with E-state index in [9.17, 15) is 14.4 Å². The predicted octanol–water partition coefficient (Wildman–Crippen LogP) is 0.698. The molecule has 0 radical (unpaired) electrons. The summed E-state index contributed by atoms with van der Waals surface area (Å²) in [5, 5.41) is 4.10. The number of aromatic amines is 1. The molecule has 0 unspecified atom stereocenters. The highest BCUT2D eigenvalue weighted by Gasteiger charge is 2.08. The Hall–Kier alpha value is -2.93. The van der Waals surface area contributed by atoms with Gasteiger partial charge in [-0.15, -0.1) is 0 Å². The van der Waals surface area contributed by atoms with E-state index in [1.807, 2.05) is 37.3 Å². The van der Waals surface area contributed by atoms with Crippen LogP contribution in [0.4, 0.5) is 0 Å². The quantitative estimate of drug-likeness (QED) is 0.715. The van der Waals surface area contributed by atoms with Crippen LogP contribution in [0.5, 0.6) is 0 Å². The van der Waals surface area contributed by atoms with Crippen LogP contribution in [0.25, 0.3) is 10.9 Å². The molecule has 0 atom stereocenters. The van der Waals surface area contributed by atoms with Crippen LogP contribution in [0, 0.1) is 0 Å². The molecule has 2 heterocycles. The van der Waals surface area contributed by atoms with Crippen LogP contribution in [0.15, 0.2) is 50.9 Å². The number of hydrogen-bond acceptors (Lipinski definition) is 4. The van der Waals surface area contributed by atoms with Crippen molar-refractivity contribution in [2.24, 2.45) is 7.05 Å². The van der Waals surface area contributed by atoms with Crippen LogP contribution in [-0.4, -0.2) is 14.1 Å². The molecule has 0 saturated carbocycles. The number of nitrogens with one attached hydrogen (secondary N) is 2. The largest absolute Gasteiger partial charge is 0.328 e. The number of rotatable bonds is 5. The van der Waals surface area contributed by atoms with E-state index in [-0.39, 0.29) is 12.1 Å². The highest BCUT2D eigenvalue weighted by Crippen LogP contribution is 2.12. The van der Waals surface area contributed by atoms with Crippen molar-refractivity contribution in [2.45, 2.75) is 26.6 Å². The second-order valence-electron chi connectivity index (χ2n) is 5.90. The summed E-state index contributed by atoms with van der Waals surface area (Å²) in [4.78, 5) is 38.2. The minimum Gasteiger partial charge on any atom is -0.311 e. The summed E-state index contributed by atoms with van der Waals surface area (Å²) < 4.78 is 3.06. The van der Waals surface area contributed by atoms with Gasteiger partial charge in [-0.25, -0.2) is 4.79 Å². The molecule has 3 aromatic rings. The second kappa shape index (κ2) is 6.90. The number of hydrogen-bond donors (Lipinski definition) is 2. The summed E-state index contributed by atoms with van der Waals surface area (Å²) in [6.45, 7) is 2.91. The maximum Gasteiger partial charge on any atom is 0.328 e. The third-order valence-corrected chi connectivity index (χ3v) is 4.26. The average Bonchev–Trinajstić information content (AvgIpc) is 2.61. The summed E-state index contributed by atoms with van der Waals surface area (Å²) in [7, 11) is 1.75. The molecule has 0 aliphatic carbocycles. The third kappa shape index (κ3) is 3.32. The lowest BCUT2D eigenvalue weighted by molar-refractivity contribution is 0.640. The molecule has 0 aliphatic heterocycles. The minimum absolute atomic E-state index is 0.0707. The van der Waals surface area contributed by atoms with Crippen molar-refractivity contribution in [3.8, 4) is 0 Å². The molecule has 0 saturated heterocycles. The van der Waals surface area contributed by atoms with Crippen molar-refractivity contribution in [2.75, 3.05) is 0 Å². The Morgan fingerprint density at radius 1 is 1.08 bits per heavy atom. The fourth-order valence-electron chi connectivity index (χ4n) is 2.86. The molecule has 7 heteroatoms. The summed E-state index contributed by atoms with van der Waals surface area (Å²) >= 11 is 0. The summed E-state index contributed by atoms with van der Waals surface area (Å²) in [6, 6.07) is 9.55. The first kappa shape index (κ1) is 16.9. The van der Waals surface area contributed by atoms with Gasteiger partial charge in [0.1, 0.15) is 0 Å². The molecular weight excluding hydrogens is 320 g/mol. The minimum atomic E-state index is -0.417. The fraction of sp³-hybridized carbons (Fsp3) is 0.278. The van der Waals surface area contributed by atoms with Crippen LogP contribution in [0.3, 0.4) is 0 Å². The van der Waals surface area contributed by atoms with Crippen LogP contribution < -0.4 is 22.1 Å². The van der Waals surface area contributed by atoms with E-state index in [0.717, 1.165) is 10.9 Å². The molecule has 2 N–H and O–H groups in total. The molecule has 0 aliphatic rings. The Morgan fingerprint density at radius 2 is 1.80 bits per heavy atom. The molecular formula is C18H20N4O3. The van der Waals surface area contributed by atoms with Crippen molar-refractivity contribution in [3.05, 3.63) is 78.8 Å². The number of H-pyrrole nitrogens is 1. The molecule has 1 aromatic carbocycles. The van der Waals surface area contributed by atoms with E-state index >= 15 is 0 Å². The molecule has 130 valence electrons. The van der Waals surface area contributed by atoms with Crippen molar-refractivity contribution in [1.82, 2.24) is 19.4 Å². The SMILES string of the molecule is CCn1cc(CNCc2cc3ccccc3n(C)c2=O)c(=O)[nH]c1=O. The topological polar surface area (TPSA) is 88.9 Å². The highest BCUT2D eigenvalue weighted by atomic mass is 16.2. The fourth-order valence-corrected chi connectivity index (χ4v) is 2.86. The van der Waals surface area contributed by atoms with Gasteiger partial charge in [0.2, 0.25) is 0 Å². The lowest BCUT2D eigenvalue weighted by atomic mass is 10.1. The lowest BCUT2D eigenvalue weighted by Gasteiger charge is -2.10. The smallest absolute Gasteiger partial charge is 0.311 e. The predicted molar refractivity (Wildman–Crippen MR) is 96.7 cm³/mol. The number of pyridine rings is 1. The van der Waals surface area contributed by atoms with Gasteiger partial charge < -0.3 is 14.5 Å². The standard InChI is InChI=1S/C18H20N4O3/c1-3-22-11-14(16(23)20-18(22)25)10-19-9-13-8-12-6-4-5-7-15(12)21(2)17(13)24/h4-8,11,19H,3,9-10H2,1-2H3,(H,20,23,25). The number of benzene rings is 1. The van der Waals surface area contributed by atoms with Crippen LogP contribution in [0.2, 0.25) is 0 Å².